The first-order valence-electron chi connectivity index (χ1n) is 10.8. The van der Waals surface area contributed by atoms with E-state index >= 15 is 0 Å². The number of hydrogen-bond donors (Lipinski definition) is 2. The standard InChI is InChI=1S/C24H25ClN4O3S2/c1-33-24-20(6-5-13-26-24)23(30)27-19-11-12-21(29-14-3-2-4-15-29)22(16-19)34(31,32)28-18-9-7-17(25)8-10-18/h5-13,16,28H,2-4,14-15H2,1H3,(H,27,30). The maximum absolute atomic E-state index is 13.5. The number of nitrogens with zero attached hydrogens (tertiary/aromatic N) is 2. The number of benzene rings is 2. The summed E-state index contributed by atoms with van der Waals surface area (Å²) in [6.07, 6.45) is 6.60. The van der Waals surface area contributed by atoms with Gasteiger partial charge in [0.1, 0.15) is 9.92 Å². The van der Waals surface area contributed by atoms with Crippen LogP contribution in [-0.2, 0) is 10.0 Å². The van der Waals surface area contributed by atoms with Gasteiger partial charge in [0, 0.05) is 35.7 Å². The number of carbonyl (C=O) groups is 1. The lowest BCUT2D eigenvalue weighted by molar-refractivity contribution is 0.102. The van der Waals surface area contributed by atoms with Crippen LogP contribution in [0.2, 0.25) is 5.02 Å². The average molecular weight is 517 g/mol. The smallest absolute Gasteiger partial charge is 0.264 e. The van der Waals surface area contributed by atoms with E-state index < -0.39 is 10.0 Å². The lowest BCUT2D eigenvalue weighted by atomic mass is 10.1. The molecule has 1 aliphatic rings. The summed E-state index contributed by atoms with van der Waals surface area (Å²) >= 11 is 7.31. The Bertz CT molecular complexity index is 1280. The predicted octanol–water partition coefficient (Wildman–Crippen LogP) is 5.50. The average Bonchev–Trinajstić information content (AvgIpc) is 2.85. The highest BCUT2D eigenvalue weighted by molar-refractivity contribution is 7.98. The van der Waals surface area contributed by atoms with Crippen molar-refractivity contribution in [2.45, 2.75) is 29.2 Å². The van der Waals surface area contributed by atoms with E-state index in [1.54, 1.807) is 54.7 Å². The lowest BCUT2D eigenvalue weighted by Gasteiger charge is -2.30. The highest BCUT2D eigenvalue weighted by Crippen LogP contribution is 2.32. The van der Waals surface area contributed by atoms with Gasteiger partial charge in [-0.2, -0.15) is 0 Å². The Hall–Kier alpha value is -2.75. The third-order valence-electron chi connectivity index (χ3n) is 5.51. The van der Waals surface area contributed by atoms with E-state index in [0.29, 0.717) is 32.7 Å². The molecule has 0 unspecified atom stereocenters. The van der Waals surface area contributed by atoms with E-state index in [2.05, 4.69) is 19.9 Å². The molecule has 1 saturated heterocycles. The molecule has 0 radical (unpaired) electrons. The molecule has 1 aromatic heterocycles. The zero-order valence-electron chi connectivity index (χ0n) is 18.6. The first kappa shape index (κ1) is 24.4. The highest BCUT2D eigenvalue weighted by Gasteiger charge is 2.25. The highest BCUT2D eigenvalue weighted by atomic mass is 35.5. The number of amides is 1. The molecule has 0 spiro atoms. The number of hydrogen-bond acceptors (Lipinski definition) is 6. The van der Waals surface area contributed by atoms with Crippen molar-refractivity contribution in [1.29, 1.82) is 0 Å². The Morgan fingerprint density at radius 1 is 1.03 bits per heavy atom. The number of thioether (sulfide) groups is 1. The van der Waals surface area contributed by atoms with Crippen LogP contribution in [0.4, 0.5) is 17.1 Å². The van der Waals surface area contributed by atoms with Crippen molar-refractivity contribution >= 4 is 56.4 Å². The second-order valence-electron chi connectivity index (χ2n) is 7.86. The van der Waals surface area contributed by atoms with Crippen LogP contribution in [0.15, 0.2) is 70.7 Å². The Labute approximate surface area is 209 Å². The monoisotopic (exact) mass is 516 g/mol. The summed E-state index contributed by atoms with van der Waals surface area (Å²) in [6.45, 7) is 1.56. The van der Waals surface area contributed by atoms with Gasteiger partial charge in [-0.05, 0) is 80.1 Å². The molecule has 0 aliphatic carbocycles. The second kappa shape index (κ2) is 10.7. The third kappa shape index (κ3) is 5.65. The van der Waals surface area contributed by atoms with E-state index in [0.717, 1.165) is 32.4 Å². The number of piperidine rings is 1. The molecule has 0 saturated carbocycles. The number of carbonyl (C=O) groups excluding carboxylic acids is 1. The molecular weight excluding hydrogens is 492 g/mol. The molecule has 2 N–H and O–H groups in total. The van der Waals surface area contributed by atoms with Crippen LogP contribution in [0.25, 0.3) is 0 Å². The number of nitrogens with one attached hydrogen (secondary N) is 2. The normalized spacial score (nSPS) is 14.0. The second-order valence-corrected chi connectivity index (χ2v) is 10.7. The number of sulfonamides is 1. The summed E-state index contributed by atoms with van der Waals surface area (Å²) in [5, 5.41) is 3.94. The van der Waals surface area contributed by atoms with Crippen LogP contribution in [-0.4, -0.2) is 38.7 Å². The van der Waals surface area contributed by atoms with Gasteiger partial charge in [0.15, 0.2) is 0 Å². The van der Waals surface area contributed by atoms with Crippen molar-refractivity contribution in [3.8, 4) is 0 Å². The molecular formula is C24H25ClN4O3S2. The molecule has 34 heavy (non-hydrogen) atoms. The molecule has 2 heterocycles. The molecule has 4 rings (SSSR count). The molecule has 1 amide bonds. The van der Waals surface area contributed by atoms with Gasteiger partial charge >= 0.3 is 0 Å². The summed E-state index contributed by atoms with van der Waals surface area (Å²) in [4.78, 5) is 19.3. The minimum absolute atomic E-state index is 0.110. The topological polar surface area (TPSA) is 91.4 Å². The van der Waals surface area contributed by atoms with Crippen LogP contribution >= 0.6 is 23.4 Å². The summed E-state index contributed by atoms with van der Waals surface area (Å²) < 4.78 is 29.6. The van der Waals surface area contributed by atoms with Crippen molar-refractivity contribution in [2.24, 2.45) is 0 Å². The van der Waals surface area contributed by atoms with Gasteiger partial charge in [-0.25, -0.2) is 13.4 Å². The van der Waals surface area contributed by atoms with Gasteiger partial charge in [0.25, 0.3) is 15.9 Å². The quantitative estimate of drug-likeness (QED) is 0.403. The number of pyridine rings is 1. The Balaban J connectivity index is 1.69. The van der Waals surface area contributed by atoms with Crippen LogP contribution in [0.5, 0.6) is 0 Å². The van der Waals surface area contributed by atoms with E-state index in [9.17, 15) is 13.2 Å². The molecule has 0 atom stereocenters. The molecule has 7 nitrogen and oxygen atoms in total. The fourth-order valence-electron chi connectivity index (χ4n) is 3.86. The van der Waals surface area contributed by atoms with Gasteiger partial charge < -0.3 is 10.2 Å². The van der Waals surface area contributed by atoms with E-state index in [-0.39, 0.29) is 10.8 Å². The third-order valence-corrected chi connectivity index (χ3v) is 7.88. The minimum Gasteiger partial charge on any atom is -0.370 e. The van der Waals surface area contributed by atoms with Crippen LogP contribution < -0.4 is 14.9 Å². The first-order valence-corrected chi connectivity index (χ1v) is 13.9. The largest absolute Gasteiger partial charge is 0.370 e. The van der Waals surface area contributed by atoms with Crippen LogP contribution in [0.1, 0.15) is 29.6 Å². The number of halogens is 1. The fraction of sp³-hybridized carbons (Fsp3) is 0.250. The van der Waals surface area contributed by atoms with Crippen molar-refractivity contribution in [3.05, 3.63) is 71.4 Å². The van der Waals surface area contributed by atoms with Gasteiger partial charge in [0.05, 0.1) is 11.3 Å². The molecule has 2 aromatic carbocycles. The Kier molecular flexibility index (Phi) is 7.65. The van der Waals surface area contributed by atoms with Crippen molar-refractivity contribution in [3.63, 3.8) is 0 Å². The molecule has 0 bridgehead atoms. The molecule has 1 fully saturated rings. The summed E-state index contributed by atoms with van der Waals surface area (Å²) in [7, 11) is -3.94. The van der Waals surface area contributed by atoms with Gasteiger partial charge in [-0.15, -0.1) is 11.8 Å². The van der Waals surface area contributed by atoms with Crippen LogP contribution in [0, 0.1) is 0 Å². The van der Waals surface area contributed by atoms with Gasteiger partial charge in [-0.3, -0.25) is 9.52 Å². The fourth-order valence-corrected chi connectivity index (χ4v) is 5.84. The van der Waals surface area contributed by atoms with Crippen molar-refractivity contribution < 1.29 is 13.2 Å². The Morgan fingerprint density at radius 2 is 1.74 bits per heavy atom. The zero-order valence-corrected chi connectivity index (χ0v) is 21.0. The Morgan fingerprint density at radius 3 is 2.44 bits per heavy atom. The first-order chi connectivity index (χ1) is 16.4. The number of anilines is 3. The van der Waals surface area contributed by atoms with Crippen LogP contribution in [0.3, 0.4) is 0 Å². The summed E-state index contributed by atoms with van der Waals surface area (Å²) in [5.41, 5.74) is 1.84. The SMILES string of the molecule is CSc1ncccc1C(=O)Nc1ccc(N2CCCCC2)c(S(=O)(=O)Nc2ccc(Cl)cc2)c1. The van der Waals surface area contributed by atoms with E-state index in [4.69, 9.17) is 11.6 Å². The predicted molar refractivity (Wildman–Crippen MR) is 139 cm³/mol. The van der Waals surface area contributed by atoms with Crippen molar-refractivity contribution in [2.75, 3.05) is 34.3 Å². The van der Waals surface area contributed by atoms with Gasteiger partial charge in [0.2, 0.25) is 0 Å². The molecule has 1 aliphatic heterocycles. The number of rotatable bonds is 7. The minimum atomic E-state index is -3.94. The lowest BCUT2D eigenvalue weighted by Crippen LogP contribution is -2.31. The maximum atomic E-state index is 13.5. The molecule has 178 valence electrons. The number of aromatic nitrogens is 1. The van der Waals surface area contributed by atoms with E-state index in [1.807, 2.05) is 6.26 Å². The van der Waals surface area contributed by atoms with E-state index in [1.165, 1.54) is 17.8 Å². The zero-order chi connectivity index (χ0) is 24.1. The van der Waals surface area contributed by atoms with Crippen molar-refractivity contribution in [1.82, 2.24) is 4.98 Å². The molecule has 10 heteroatoms. The van der Waals surface area contributed by atoms with Gasteiger partial charge in [-0.1, -0.05) is 11.6 Å². The summed E-state index contributed by atoms with van der Waals surface area (Å²) in [6, 6.07) is 14.9. The summed E-state index contributed by atoms with van der Waals surface area (Å²) in [5.74, 6) is -0.350. The maximum Gasteiger partial charge on any atom is 0.264 e. The molecule has 3 aromatic rings.